The van der Waals surface area contributed by atoms with Gasteiger partial charge in [-0.3, -0.25) is 9.78 Å². The Morgan fingerprint density at radius 1 is 1.12 bits per heavy atom. The molecule has 26 heavy (non-hydrogen) atoms. The number of aryl methyl sites for hydroxylation is 3. The van der Waals surface area contributed by atoms with E-state index in [1.165, 1.54) is 4.90 Å². The SMILES string of the molecule is Cc1cc(C)c(S(=O)(=O)NCC(=O)N(C)CCc2ccncc2)c(C)c1. The van der Waals surface area contributed by atoms with Gasteiger partial charge < -0.3 is 4.90 Å². The van der Waals surface area contributed by atoms with Crippen LogP contribution in [-0.2, 0) is 21.2 Å². The van der Waals surface area contributed by atoms with Gasteiger partial charge in [-0.1, -0.05) is 17.7 Å². The molecule has 0 aliphatic rings. The summed E-state index contributed by atoms with van der Waals surface area (Å²) in [5, 5.41) is 0. The predicted octanol–water partition coefficient (Wildman–Crippen LogP) is 1.99. The molecule has 0 atom stereocenters. The van der Waals surface area contributed by atoms with Gasteiger partial charge in [-0.25, -0.2) is 13.1 Å². The number of hydrogen-bond donors (Lipinski definition) is 1. The van der Waals surface area contributed by atoms with Crippen LogP contribution in [0.5, 0.6) is 0 Å². The Morgan fingerprint density at radius 2 is 1.69 bits per heavy atom. The molecule has 6 nitrogen and oxygen atoms in total. The summed E-state index contributed by atoms with van der Waals surface area (Å²) in [4.78, 5) is 18.0. The maximum Gasteiger partial charge on any atom is 0.241 e. The molecule has 2 rings (SSSR count). The fraction of sp³-hybridized carbons (Fsp3) is 0.368. The average Bonchev–Trinajstić information content (AvgIpc) is 2.57. The molecule has 1 aromatic carbocycles. The van der Waals surface area contributed by atoms with Crippen molar-refractivity contribution in [2.24, 2.45) is 0 Å². The maximum atomic E-state index is 12.6. The molecule has 1 N–H and O–H groups in total. The topological polar surface area (TPSA) is 79.4 Å². The molecular formula is C19H25N3O3S. The molecule has 0 unspecified atom stereocenters. The first kappa shape index (κ1) is 20.1. The van der Waals surface area contributed by atoms with E-state index in [9.17, 15) is 13.2 Å². The largest absolute Gasteiger partial charge is 0.344 e. The molecule has 1 amide bonds. The van der Waals surface area contributed by atoms with Crippen LogP contribution >= 0.6 is 0 Å². The Hall–Kier alpha value is -2.25. The fourth-order valence-electron chi connectivity index (χ4n) is 2.93. The van der Waals surface area contributed by atoms with E-state index < -0.39 is 10.0 Å². The minimum absolute atomic E-state index is 0.246. The van der Waals surface area contributed by atoms with Crippen molar-refractivity contribution >= 4 is 15.9 Å². The third-order valence-corrected chi connectivity index (χ3v) is 5.90. The van der Waals surface area contributed by atoms with Gasteiger partial charge in [0.15, 0.2) is 0 Å². The number of hydrogen-bond acceptors (Lipinski definition) is 4. The van der Waals surface area contributed by atoms with E-state index >= 15 is 0 Å². The standard InChI is InChI=1S/C19H25N3O3S/c1-14-11-15(2)19(16(3)12-14)26(24,25)21-13-18(23)22(4)10-7-17-5-8-20-9-6-17/h5-6,8-9,11-12,21H,7,10,13H2,1-4H3. The van der Waals surface area contributed by atoms with E-state index in [1.807, 2.05) is 31.2 Å². The first-order valence-electron chi connectivity index (χ1n) is 8.41. The number of carbonyl (C=O) groups excluding carboxylic acids is 1. The molecule has 0 bridgehead atoms. The number of amides is 1. The first-order chi connectivity index (χ1) is 12.2. The third kappa shape index (κ3) is 5.12. The van der Waals surface area contributed by atoms with Crippen molar-refractivity contribution in [3.8, 4) is 0 Å². The number of pyridine rings is 1. The number of rotatable bonds is 7. The highest BCUT2D eigenvalue weighted by Gasteiger charge is 2.21. The van der Waals surface area contributed by atoms with Crippen molar-refractivity contribution in [2.75, 3.05) is 20.1 Å². The van der Waals surface area contributed by atoms with Gasteiger partial charge in [0.2, 0.25) is 15.9 Å². The second-order valence-electron chi connectivity index (χ2n) is 6.47. The second kappa shape index (κ2) is 8.42. The summed E-state index contributed by atoms with van der Waals surface area (Å²) in [5.41, 5.74) is 3.43. The molecule has 7 heteroatoms. The molecule has 0 aliphatic heterocycles. The normalized spacial score (nSPS) is 11.4. The number of aromatic nitrogens is 1. The number of carbonyl (C=O) groups is 1. The van der Waals surface area contributed by atoms with Crippen molar-refractivity contribution in [1.29, 1.82) is 0 Å². The number of sulfonamides is 1. The van der Waals surface area contributed by atoms with Gasteiger partial charge in [0, 0.05) is 26.0 Å². The highest BCUT2D eigenvalue weighted by Crippen LogP contribution is 2.21. The molecule has 140 valence electrons. The van der Waals surface area contributed by atoms with Gasteiger partial charge in [0.05, 0.1) is 11.4 Å². The van der Waals surface area contributed by atoms with Crippen LogP contribution in [0.1, 0.15) is 22.3 Å². The summed E-state index contributed by atoms with van der Waals surface area (Å²) in [7, 11) is -2.07. The minimum Gasteiger partial charge on any atom is -0.344 e. The van der Waals surface area contributed by atoms with E-state index in [4.69, 9.17) is 0 Å². The van der Waals surface area contributed by atoms with Gasteiger partial charge in [0.25, 0.3) is 0 Å². The van der Waals surface area contributed by atoms with Crippen LogP contribution in [0, 0.1) is 20.8 Å². The van der Waals surface area contributed by atoms with Gasteiger partial charge >= 0.3 is 0 Å². The van der Waals surface area contributed by atoms with E-state index in [-0.39, 0.29) is 17.3 Å². The second-order valence-corrected chi connectivity index (χ2v) is 8.18. The monoisotopic (exact) mass is 375 g/mol. The average molecular weight is 375 g/mol. The lowest BCUT2D eigenvalue weighted by molar-refractivity contribution is -0.128. The number of nitrogens with one attached hydrogen (secondary N) is 1. The Morgan fingerprint density at radius 3 is 2.27 bits per heavy atom. The quantitative estimate of drug-likeness (QED) is 0.803. The Kier molecular flexibility index (Phi) is 6.50. The lowest BCUT2D eigenvalue weighted by atomic mass is 10.1. The molecule has 1 heterocycles. The van der Waals surface area contributed by atoms with Gasteiger partial charge in [0.1, 0.15) is 0 Å². The summed E-state index contributed by atoms with van der Waals surface area (Å²) in [6, 6.07) is 7.43. The molecular weight excluding hydrogens is 350 g/mol. The van der Waals surface area contributed by atoms with Crippen LogP contribution in [0.2, 0.25) is 0 Å². The molecule has 0 radical (unpaired) electrons. The van der Waals surface area contributed by atoms with Crippen LogP contribution in [0.15, 0.2) is 41.6 Å². The molecule has 0 spiro atoms. The van der Waals surface area contributed by atoms with Crippen LogP contribution in [0.3, 0.4) is 0 Å². The van der Waals surface area contributed by atoms with Crippen molar-refractivity contribution in [2.45, 2.75) is 32.1 Å². The zero-order valence-electron chi connectivity index (χ0n) is 15.6. The molecule has 0 saturated heterocycles. The van der Waals surface area contributed by atoms with Crippen molar-refractivity contribution in [3.63, 3.8) is 0 Å². The number of nitrogens with zero attached hydrogens (tertiary/aromatic N) is 2. The summed E-state index contributed by atoms with van der Waals surface area (Å²) >= 11 is 0. The van der Waals surface area contributed by atoms with Gasteiger partial charge in [-0.15, -0.1) is 0 Å². The van der Waals surface area contributed by atoms with E-state index in [0.717, 1.165) is 11.1 Å². The van der Waals surface area contributed by atoms with Crippen molar-refractivity contribution in [1.82, 2.24) is 14.6 Å². The molecule has 0 aliphatic carbocycles. The van der Waals surface area contributed by atoms with Crippen LogP contribution in [0.4, 0.5) is 0 Å². The van der Waals surface area contributed by atoms with Crippen LogP contribution < -0.4 is 4.72 Å². The van der Waals surface area contributed by atoms with E-state index in [2.05, 4.69) is 9.71 Å². The van der Waals surface area contributed by atoms with E-state index in [1.54, 1.807) is 33.3 Å². The zero-order valence-corrected chi connectivity index (χ0v) is 16.4. The highest BCUT2D eigenvalue weighted by atomic mass is 32.2. The zero-order chi connectivity index (χ0) is 19.3. The molecule has 0 fully saturated rings. The fourth-order valence-corrected chi connectivity index (χ4v) is 4.35. The molecule has 1 aromatic heterocycles. The van der Waals surface area contributed by atoms with Gasteiger partial charge in [-0.05, 0) is 56.0 Å². The Balaban J connectivity index is 1.97. The minimum atomic E-state index is -3.74. The van der Waals surface area contributed by atoms with Crippen molar-refractivity contribution in [3.05, 3.63) is 58.9 Å². The summed E-state index contributed by atoms with van der Waals surface area (Å²) < 4.78 is 27.6. The lowest BCUT2D eigenvalue weighted by Gasteiger charge is -2.18. The summed E-state index contributed by atoms with van der Waals surface area (Å²) in [5.74, 6) is -0.273. The van der Waals surface area contributed by atoms with E-state index in [0.29, 0.717) is 24.1 Å². The summed E-state index contributed by atoms with van der Waals surface area (Å²) in [6.45, 7) is 5.69. The number of benzene rings is 1. The highest BCUT2D eigenvalue weighted by molar-refractivity contribution is 7.89. The van der Waals surface area contributed by atoms with Crippen LogP contribution in [-0.4, -0.2) is 44.3 Å². The predicted molar refractivity (Wildman–Crippen MR) is 101 cm³/mol. The van der Waals surface area contributed by atoms with Gasteiger partial charge in [-0.2, -0.15) is 0 Å². The first-order valence-corrected chi connectivity index (χ1v) is 9.89. The Bertz CT molecular complexity index is 857. The molecule has 0 saturated carbocycles. The lowest BCUT2D eigenvalue weighted by Crippen LogP contribution is -2.39. The Labute approximate surface area is 155 Å². The molecule has 2 aromatic rings. The third-order valence-electron chi connectivity index (χ3n) is 4.20. The summed E-state index contributed by atoms with van der Waals surface area (Å²) in [6.07, 6.45) is 4.10. The smallest absolute Gasteiger partial charge is 0.241 e. The maximum absolute atomic E-state index is 12.6. The van der Waals surface area contributed by atoms with Crippen LogP contribution in [0.25, 0.3) is 0 Å². The number of likely N-dealkylation sites (N-methyl/N-ethyl adjacent to an activating group) is 1. The van der Waals surface area contributed by atoms with Crippen molar-refractivity contribution < 1.29 is 13.2 Å².